The van der Waals surface area contributed by atoms with Crippen molar-refractivity contribution in [2.75, 3.05) is 7.11 Å². The van der Waals surface area contributed by atoms with E-state index in [0.29, 0.717) is 12.4 Å². The van der Waals surface area contributed by atoms with Gasteiger partial charge in [-0.15, -0.1) is 0 Å². The maximum Gasteiger partial charge on any atom is 0.183 e. The summed E-state index contributed by atoms with van der Waals surface area (Å²) < 4.78 is 11.5. The van der Waals surface area contributed by atoms with Crippen LogP contribution >= 0.6 is 0 Å². The predicted molar refractivity (Wildman–Crippen MR) is 83.8 cm³/mol. The fraction of sp³-hybridized carbons (Fsp3) is 0.167. The number of aromatic nitrogens is 1. The molecule has 0 radical (unpaired) electrons. The summed E-state index contributed by atoms with van der Waals surface area (Å²) >= 11 is 0. The van der Waals surface area contributed by atoms with Crippen LogP contribution in [-0.4, -0.2) is 12.1 Å². The van der Waals surface area contributed by atoms with E-state index in [-0.39, 0.29) is 0 Å². The first kappa shape index (κ1) is 13.4. The van der Waals surface area contributed by atoms with Crippen LogP contribution in [0.4, 0.5) is 0 Å². The minimum absolute atomic E-state index is 0.498. The molecule has 0 N–H and O–H groups in total. The maximum absolute atomic E-state index is 5.97. The van der Waals surface area contributed by atoms with Gasteiger partial charge in [0.05, 0.1) is 18.3 Å². The lowest BCUT2D eigenvalue weighted by atomic mass is 10.1. The Kier molecular flexibility index (Phi) is 3.73. The van der Waals surface area contributed by atoms with E-state index in [1.165, 1.54) is 0 Å². The fourth-order valence-corrected chi connectivity index (χ4v) is 2.38. The molecule has 3 nitrogen and oxygen atoms in total. The Hall–Kier alpha value is -2.55. The lowest BCUT2D eigenvalue weighted by Crippen LogP contribution is -2.01. The van der Waals surface area contributed by atoms with Crippen LogP contribution in [0.5, 0.6) is 11.5 Å². The second-order valence-electron chi connectivity index (χ2n) is 4.85. The first-order valence-corrected chi connectivity index (χ1v) is 6.89. The molecule has 3 aromatic rings. The average molecular weight is 279 g/mol. The number of benzene rings is 2. The molecule has 0 amide bonds. The summed E-state index contributed by atoms with van der Waals surface area (Å²) in [5.74, 6) is 1.45. The van der Waals surface area contributed by atoms with Crippen molar-refractivity contribution in [2.45, 2.75) is 13.5 Å². The van der Waals surface area contributed by atoms with Gasteiger partial charge in [0.2, 0.25) is 0 Å². The highest BCUT2D eigenvalue weighted by Crippen LogP contribution is 2.37. The molecule has 0 saturated carbocycles. The van der Waals surface area contributed by atoms with Gasteiger partial charge in [-0.25, -0.2) is 4.98 Å². The number of hydrogen-bond acceptors (Lipinski definition) is 3. The third kappa shape index (κ3) is 2.68. The van der Waals surface area contributed by atoms with Crippen LogP contribution in [0.1, 0.15) is 11.3 Å². The Bertz CT molecular complexity index is 754. The van der Waals surface area contributed by atoms with E-state index >= 15 is 0 Å². The highest BCUT2D eigenvalue weighted by Gasteiger charge is 2.14. The molecule has 2 aromatic carbocycles. The number of rotatable bonds is 4. The zero-order valence-electron chi connectivity index (χ0n) is 12.2. The molecule has 0 aliphatic heterocycles. The number of methoxy groups -OCH3 is 1. The van der Waals surface area contributed by atoms with Crippen molar-refractivity contribution >= 4 is 10.9 Å². The summed E-state index contributed by atoms with van der Waals surface area (Å²) in [5.41, 5.74) is 2.87. The van der Waals surface area contributed by atoms with Crippen LogP contribution in [0.2, 0.25) is 0 Å². The van der Waals surface area contributed by atoms with Crippen LogP contribution in [0.3, 0.4) is 0 Å². The Balaban J connectivity index is 1.99. The average Bonchev–Trinajstić information content (AvgIpc) is 2.53. The highest BCUT2D eigenvalue weighted by molar-refractivity contribution is 5.88. The summed E-state index contributed by atoms with van der Waals surface area (Å²) in [6.45, 7) is 2.44. The summed E-state index contributed by atoms with van der Waals surface area (Å²) in [6.07, 6.45) is 0. The Morgan fingerprint density at radius 2 is 1.62 bits per heavy atom. The minimum Gasteiger partial charge on any atom is -0.492 e. The molecule has 0 fully saturated rings. The SMILES string of the molecule is COc1c(OCc2ccccc2)c(C)nc2ccccc12. The maximum atomic E-state index is 5.97. The minimum atomic E-state index is 0.498. The standard InChI is InChI=1S/C18H17NO2/c1-13-17(21-12-14-8-4-3-5-9-14)18(20-2)15-10-6-7-11-16(15)19-13/h3-11H,12H2,1-2H3. The van der Waals surface area contributed by atoms with E-state index in [1.807, 2.05) is 61.5 Å². The molecule has 3 rings (SSSR count). The molecule has 0 aliphatic carbocycles. The lowest BCUT2D eigenvalue weighted by molar-refractivity contribution is 0.282. The van der Waals surface area contributed by atoms with Crippen molar-refractivity contribution in [3.8, 4) is 11.5 Å². The zero-order valence-corrected chi connectivity index (χ0v) is 12.2. The molecule has 1 heterocycles. The van der Waals surface area contributed by atoms with Crippen molar-refractivity contribution in [1.82, 2.24) is 4.98 Å². The van der Waals surface area contributed by atoms with Crippen molar-refractivity contribution in [3.05, 3.63) is 65.9 Å². The predicted octanol–water partition coefficient (Wildman–Crippen LogP) is 4.13. The fourth-order valence-electron chi connectivity index (χ4n) is 2.38. The quantitative estimate of drug-likeness (QED) is 0.719. The number of para-hydroxylation sites is 1. The molecule has 0 bridgehead atoms. The van der Waals surface area contributed by atoms with Crippen LogP contribution in [-0.2, 0) is 6.61 Å². The summed E-state index contributed by atoms with van der Waals surface area (Å²) in [5, 5.41) is 0.966. The van der Waals surface area contributed by atoms with E-state index in [1.54, 1.807) is 7.11 Å². The number of aryl methyl sites for hydroxylation is 1. The normalized spacial score (nSPS) is 10.6. The molecule has 106 valence electrons. The summed E-state index contributed by atoms with van der Waals surface area (Å²) in [7, 11) is 1.66. The molecule has 0 spiro atoms. The molecule has 0 aliphatic rings. The smallest absolute Gasteiger partial charge is 0.183 e. The van der Waals surface area contributed by atoms with Gasteiger partial charge in [0, 0.05) is 5.39 Å². The third-order valence-corrected chi connectivity index (χ3v) is 3.40. The number of nitrogens with zero attached hydrogens (tertiary/aromatic N) is 1. The molecular formula is C18H17NO2. The van der Waals surface area contributed by atoms with E-state index < -0.39 is 0 Å². The third-order valence-electron chi connectivity index (χ3n) is 3.40. The topological polar surface area (TPSA) is 31.4 Å². The monoisotopic (exact) mass is 279 g/mol. The van der Waals surface area contributed by atoms with Gasteiger partial charge >= 0.3 is 0 Å². The van der Waals surface area contributed by atoms with Gasteiger partial charge in [-0.1, -0.05) is 42.5 Å². The van der Waals surface area contributed by atoms with Gasteiger partial charge in [-0.2, -0.15) is 0 Å². The lowest BCUT2D eigenvalue weighted by Gasteiger charge is -2.15. The van der Waals surface area contributed by atoms with Crippen LogP contribution < -0.4 is 9.47 Å². The van der Waals surface area contributed by atoms with Crippen LogP contribution in [0.25, 0.3) is 10.9 Å². The van der Waals surface area contributed by atoms with Gasteiger partial charge in [-0.05, 0) is 24.6 Å². The number of fused-ring (bicyclic) bond motifs is 1. The van der Waals surface area contributed by atoms with E-state index in [2.05, 4.69) is 4.98 Å². The summed E-state index contributed by atoms with van der Waals surface area (Å²) in [4.78, 5) is 4.59. The van der Waals surface area contributed by atoms with Gasteiger partial charge < -0.3 is 9.47 Å². The Labute approximate surface area is 124 Å². The first-order chi connectivity index (χ1) is 10.3. The van der Waals surface area contributed by atoms with Crippen molar-refractivity contribution in [3.63, 3.8) is 0 Å². The van der Waals surface area contributed by atoms with E-state index in [9.17, 15) is 0 Å². The summed E-state index contributed by atoms with van der Waals surface area (Å²) in [6, 6.07) is 18.0. The van der Waals surface area contributed by atoms with E-state index in [0.717, 1.165) is 27.9 Å². The number of pyridine rings is 1. The molecule has 1 aromatic heterocycles. The second-order valence-corrected chi connectivity index (χ2v) is 4.85. The van der Waals surface area contributed by atoms with Crippen molar-refractivity contribution < 1.29 is 9.47 Å². The second kappa shape index (κ2) is 5.83. The first-order valence-electron chi connectivity index (χ1n) is 6.89. The molecule has 0 unspecified atom stereocenters. The van der Waals surface area contributed by atoms with Crippen LogP contribution in [0, 0.1) is 6.92 Å². The highest BCUT2D eigenvalue weighted by atomic mass is 16.5. The number of hydrogen-bond donors (Lipinski definition) is 0. The van der Waals surface area contributed by atoms with Crippen LogP contribution in [0.15, 0.2) is 54.6 Å². The van der Waals surface area contributed by atoms with Crippen molar-refractivity contribution in [1.29, 1.82) is 0 Å². The Morgan fingerprint density at radius 1 is 0.905 bits per heavy atom. The number of ether oxygens (including phenoxy) is 2. The Morgan fingerprint density at radius 3 is 2.38 bits per heavy atom. The molecular weight excluding hydrogens is 262 g/mol. The van der Waals surface area contributed by atoms with Gasteiger partial charge in [-0.3, -0.25) is 0 Å². The van der Waals surface area contributed by atoms with Gasteiger partial charge in [0.1, 0.15) is 6.61 Å². The molecule has 21 heavy (non-hydrogen) atoms. The van der Waals surface area contributed by atoms with Crippen molar-refractivity contribution in [2.24, 2.45) is 0 Å². The molecule has 3 heteroatoms. The molecule has 0 saturated heterocycles. The largest absolute Gasteiger partial charge is 0.492 e. The van der Waals surface area contributed by atoms with Gasteiger partial charge in [0.15, 0.2) is 11.5 Å². The van der Waals surface area contributed by atoms with E-state index in [4.69, 9.17) is 9.47 Å². The zero-order chi connectivity index (χ0) is 14.7. The molecule has 0 atom stereocenters. The van der Waals surface area contributed by atoms with Gasteiger partial charge in [0.25, 0.3) is 0 Å².